The van der Waals surface area contributed by atoms with Gasteiger partial charge in [-0.05, 0) is 24.6 Å². The Morgan fingerprint density at radius 3 is 2.32 bits per heavy atom. The molecule has 0 spiro atoms. The van der Waals surface area contributed by atoms with Crippen LogP contribution < -0.4 is 5.56 Å². The maximum absolute atomic E-state index is 12.0. The lowest BCUT2D eigenvalue weighted by atomic mass is 10.0. The van der Waals surface area contributed by atoms with E-state index < -0.39 is 0 Å². The summed E-state index contributed by atoms with van der Waals surface area (Å²) in [5.41, 5.74) is 4.62. The number of hydrogen-bond acceptors (Lipinski definition) is 2. The SMILES string of the molecule is CC.Cc1ccc(-c2cc(-c3cccnc3)c[nH]c2=O)cc1. The van der Waals surface area contributed by atoms with Crippen LogP contribution in [-0.4, -0.2) is 9.97 Å². The Kier molecular flexibility index (Phi) is 5.26. The Balaban J connectivity index is 0.000000847. The summed E-state index contributed by atoms with van der Waals surface area (Å²) in [5, 5.41) is 0. The molecule has 0 unspecified atom stereocenters. The molecule has 2 aromatic heterocycles. The van der Waals surface area contributed by atoms with E-state index in [1.807, 2.05) is 63.2 Å². The first-order chi connectivity index (χ1) is 10.7. The zero-order valence-corrected chi connectivity index (χ0v) is 13.1. The lowest BCUT2D eigenvalue weighted by Gasteiger charge is -2.05. The maximum Gasteiger partial charge on any atom is 0.255 e. The third-order valence-electron chi connectivity index (χ3n) is 3.26. The molecule has 2 heterocycles. The van der Waals surface area contributed by atoms with Crippen molar-refractivity contribution in [2.75, 3.05) is 0 Å². The number of aromatic nitrogens is 2. The van der Waals surface area contributed by atoms with Crippen LogP contribution in [0.3, 0.4) is 0 Å². The van der Waals surface area contributed by atoms with Crippen LogP contribution in [0.2, 0.25) is 0 Å². The highest BCUT2D eigenvalue weighted by Gasteiger charge is 2.06. The summed E-state index contributed by atoms with van der Waals surface area (Å²) in [6.45, 7) is 6.03. The van der Waals surface area contributed by atoms with Gasteiger partial charge in [0, 0.05) is 35.3 Å². The summed E-state index contributed by atoms with van der Waals surface area (Å²) in [4.78, 5) is 18.9. The zero-order chi connectivity index (χ0) is 15.9. The molecule has 0 bridgehead atoms. The fourth-order valence-corrected chi connectivity index (χ4v) is 2.13. The van der Waals surface area contributed by atoms with Crippen molar-refractivity contribution in [3.8, 4) is 22.3 Å². The van der Waals surface area contributed by atoms with Crippen molar-refractivity contribution >= 4 is 0 Å². The van der Waals surface area contributed by atoms with Gasteiger partial charge in [-0.1, -0.05) is 49.7 Å². The van der Waals surface area contributed by atoms with Gasteiger partial charge in [0.2, 0.25) is 0 Å². The summed E-state index contributed by atoms with van der Waals surface area (Å²) < 4.78 is 0. The molecule has 3 nitrogen and oxygen atoms in total. The molecule has 3 heteroatoms. The number of nitrogens with one attached hydrogen (secondary N) is 1. The lowest BCUT2D eigenvalue weighted by Crippen LogP contribution is -2.08. The van der Waals surface area contributed by atoms with Gasteiger partial charge in [-0.3, -0.25) is 9.78 Å². The predicted octanol–water partition coefficient (Wildman–Crippen LogP) is 4.44. The average Bonchev–Trinajstić information content (AvgIpc) is 2.59. The zero-order valence-electron chi connectivity index (χ0n) is 13.1. The van der Waals surface area contributed by atoms with Crippen LogP contribution in [0.25, 0.3) is 22.3 Å². The highest BCUT2D eigenvalue weighted by Crippen LogP contribution is 2.22. The lowest BCUT2D eigenvalue weighted by molar-refractivity contribution is 1.23. The third kappa shape index (κ3) is 3.50. The highest BCUT2D eigenvalue weighted by atomic mass is 16.1. The molecule has 1 N–H and O–H groups in total. The molecular formula is C19H20N2O. The van der Waals surface area contributed by atoms with Gasteiger partial charge in [0.05, 0.1) is 0 Å². The van der Waals surface area contributed by atoms with Crippen LogP contribution >= 0.6 is 0 Å². The van der Waals surface area contributed by atoms with E-state index in [4.69, 9.17) is 0 Å². The number of pyridine rings is 2. The van der Waals surface area contributed by atoms with Gasteiger partial charge in [0.15, 0.2) is 0 Å². The van der Waals surface area contributed by atoms with E-state index in [9.17, 15) is 4.79 Å². The van der Waals surface area contributed by atoms with Crippen LogP contribution in [-0.2, 0) is 0 Å². The van der Waals surface area contributed by atoms with Gasteiger partial charge >= 0.3 is 0 Å². The topological polar surface area (TPSA) is 45.8 Å². The normalized spacial score (nSPS) is 9.77. The first kappa shape index (κ1) is 15.7. The van der Waals surface area contributed by atoms with Gasteiger partial charge in [-0.25, -0.2) is 0 Å². The number of hydrogen-bond donors (Lipinski definition) is 1. The van der Waals surface area contributed by atoms with E-state index in [0.717, 1.165) is 16.7 Å². The highest BCUT2D eigenvalue weighted by molar-refractivity contribution is 5.71. The molecule has 3 aromatic rings. The molecule has 0 fully saturated rings. The van der Waals surface area contributed by atoms with Crippen molar-refractivity contribution in [2.24, 2.45) is 0 Å². The fraction of sp³-hybridized carbons (Fsp3) is 0.158. The monoisotopic (exact) mass is 292 g/mol. The molecule has 0 saturated heterocycles. The number of rotatable bonds is 2. The Morgan fingerprint density at radius 2 is 1.68 bits per heavy atom. The number of aromatic amines is 1. The fourth-order valence-electron chi connectivity index (χ4n) is 2.13. The van der Waals surface area contributed by atoms with Gasteiger partial charge in [0.1, 0.15) is 0 Å². The first-order valence-corrected chi connectivity index (χ1v) is 7.44. The van der Waals surface area contributed by atoms with Crippen LogP contribution in [0.1, 0.15) is 19.4 Å². The van der Waals surface area contributed by atoms with Gasteiger partial charge in [-0.2, -0.15) is 0 Å². The van der Waals surface area contributed by atoms with Crippen LogP contribution in [0, 0.1) is 6.92 Å². The van der Waals surface area contributed by atoms with Crippen LogP contribution in [0.4, 0.5) is 0 Å². The van der Waals surface area contributed by atoms with Gasteiger partial charge in [0.25, 0.3) is 5.56 Å². The number of aryl methyl sites for hydroxylation is 1. The van der Waals surface area contributed by atoms with E-state index in [0.29, 0.717) is 5.56 Å². The van der Waals surface area contributed by atoms with Crippen LogP contribution in [0.15, 0.2) is 65.8 Å². The Hall–Kier alpha value is -2.68. The minimum Gasteiger partial charge on any atom is -0.328 e. The molecule has 3 rings (SSSR count). The molecule has 0 saturated carbocycles. The standard InChI is InChI=1S/C17H14N2O.C2H6/c1-12-4-6-13(7-5-12)16-9-15(11-19-17(16)20)14-3-2-8-18-10-14;1-2/h2-11H,1H3,(H,19,20);1-2H3. The largest absolute Gasteiger partial charge is 0.328 e. The summed E-state index contributed by atoms with van der Waals surface area (Å²) in [7, 11) is 0. The maximum atomic E-state index is 12.0. The second-order valence-corrected chi connectivity index (χ2v) is 4.74. The number of nitrogens with zero attached hydrogens (tertiary/aromatic N) is 1. The number of benzene rings is 1. The first-order valence-electron chi connectivity index (χ1n) is 7.44. The Morgan fingerprint density at radius 1 is 0.955 bits per heavy atom. The van der Waals surface area contributed by atoms with E-state index in [-0.39, 0.29) is 5.56 Å². The average molecular weight is 292 g/mol. The molecule has 0 amide bonds. The molecule has 0 aliphatic carbocycles. The minimum absolute atomic E-state index is 0.0820. The second kappa shape index (κ2) is 7.36. The van der Waals surface area contributed by atoms with Crippen molar-refractivity contribution in [2.45, 2.75) is 20.8 Å². The van der Waals surface area contributed by atoms with Crippen molar-refractivity contribution in [3.63, 3.8) is 0 Å². The molecule has 0 aliphatic heterocycles. The molecule has 0 radical (unpaired) electrons. The smallest absolute Gasteiger partial charge is 0.255 e. The van der Waals surface area contributed by atoms with Crippen molar-refractivity contribution in [1.82, 2.24) is 9.97 Å². The molecule has 0 atom stereocenters. The summed E-state index contributed by atoms with van der Waals surface area (Å²) in [6.07, 6.45) is 5.24. The number of H-pyrrole nitrogens is 1. The van der Waals surface area contributed by atoms with Gasteiger partial charge in [-0.15, -0.1) is 0 Å². The third-order valence-corrected chi connectivity index (χ3v) is 3.26. The predicted molar refractivity (Wildman–Crippen MR) is 91.8 cm³/mol. The summed E-state index contributed by atoms with van der Waals surface area (Å²) in [5.74, 6) is 0. The Bertz CT molecular complexity index is 775. The molecule has 112 valence electrons. The van der Waals surface area contributed by atoms with Gasteiger partial charge < -0.3 is 4.98 Å². The quantitative estimate of drug-likeness (QED) is 0.759. The van der Waals surface area contributed by atoms with Crippen molar-refractivity contribution < 1.29 is 0 Å². The van der Waals surface area contributed by atoms with E-state index >= 15 is 0 Å². The van der Waals surface area contributed by atoms with E-state index in [1.165, 1.54) is 5.56 Å². The summed E-state index contributed by atoms with van der Waals surface area (Å²) >= 11 is 0. The Labute approximate surface area is 130 Å². The minimum atomic E-state index is -0.0820. The molecular weight excluding hydrogens is 272 g/mol. The molecule has 0 aliphatic rings. The molecule has 22 heavy (non-hydrogen) atoms. The van der Waals surface area contributed by atoms with E-state index in [1.54, 1.807) is 18.6 Å². The summed E-state index contributed by atoms with van der Waals surface area (Å²) in [6, 6.07) is 13.7. The van der Waals surface area contributed by atoms with Crippen molar-refractivity contribution in [1.29, 1.82) is 0 Å². The van der Waals surface area contributed by atoms with E-state index in [2.05, 4.69) is 9.97 Å². The van der Waals surface area contributed by atoms with Crippen molar-refractivity contribution in [3.05, 3.63) is 77.0 Å². The molecule has 1 aromatic carbocycles. The second-order valence-electron chi connectivity index (χ2n) is 4.74. The van der Waals surface area contributed by atoms with Crippen LogP contribution in [0.5, 0.6) is 0 Å².